The third-order valence-corrected chi connectivity index (χ3v) is 7.18. The summed E-state index contributed by atoms with van der Waals surface area (Å²) in [5.41, 5.74) is 8.66. The number of carbonyl (C=O) groups is 2. The summed E-state index contributed by atoms with van der Waals surface area (Å²) in [6, 6.07) is 8.96. The molecule has 0 saturated carbocycles. The Morgan fingerprint density at radius 2 is 1.79 bits per heavy atom. The quantitative estimate of drug-likeness (QED) is 0.486. The van der Waals surface area contributed by atoms with Gasteiger partial charge in [0.25, 0.3) is 0 Å². The molecule has 1 aromatic heterocycles. The van der Waals surface area contributed by atoms with Gasteiger partial charge in [-0.05, 0) is 56.4 Å². The van der Waals surface area contributed by atoms with Crippen molar-refractivity contribution in [2.24, 2.45) is 0 Å². The highest BCUT2D eigenvalue weighted by Crippen LogP contribution is 2.29. The van der Waals surface area contributed by atoms with Crippen LogP contribution in [0.3, 0.4) is 0 Å². The van der Waals surface area contributed by atoms with Gasteiger partial charge in [-0.2, -0.15) is 5.10 Å². The van der Waals surface area contributed by atoms with Gasteiger partial charge in [0.05, 0.1) is 17.9 Å². The molecule has 9 heteroatoms. The summed E-state index contributed by atoms with van der Waals surface area (Å²) in [4.78, 5) is 27.9. The number of amides is 1. The molecular formula is C25H37N7O2. The SMILES string of the molecule is CNC(=O)C(CCC=O)Nc1ccc(N2CCC(N3CCC(n4cc(N)cn4)CC3)CC2)cc1. The van der Waals surface area contributed by atoms with Gasteiger partial charge in [0.2, 0.25) is 5.91 Å². The first-order valence-corrected chi connectivity index (χ1v) is 12.4. The van der Waals surface area contributed by atoms with Gasteiger partial charge in [-0.15, -0.1) is 0 Å². The number of carbonyl (C=O) groups excluding carboxylic acids is 2. The van der Waals surface area contributed by atoms with E-state index in [9.17, 15) is 9.59 Å². The monoisotopic (exact) mass is 467 g/mol. The van der Waals surface area contributed by atoms with Crippen LogP contribution in [0.2, 0.25) is 0 Å². The van der Waals surface area contributed by atoms with E-state index in [1.165, 1.54) is 18.5 Å². The van der Waals surface area contributed by atoms with Crippen LogP contribution in [0.5, 0.6) is 0 Å². The van der Waals surface area contributed by atoms with E-state index in [2.05, 4.69) is 37.7 Å². The topological polar surface area (TPSA) is 109 Å². The number of nitrogens with two attached hydrogens (primary N) is 1. The lowest BCUT2D eigenvalue weighted by Gasteiger charge is -2.42. The van der Waals surface area contributed by atoms with E-state index >= 15 is 0 Å². The molecule has 2 fully saturated rings. The molecule has 4 rings (SSSR count). The van der Waals surface area contributed by atoms with E-state index in [4.69, 9.17) is 5.73 Å². The van der Waals surface area contributed by atoms with E-state index in [0.717, 1.165) is 56.7 Å². The molecule has 2 aliphatic rings. The number of hydrogen-bond acceptors (Lipinski definition) is 7. The van der Waals surface area contributed by atoms with Crippen LogP contribution in [0.15, 0.2) is 36.7 Å². The minimum absolute atomic E-state index is 0.106. The van der Waals surface area contributed by atoms with Crippen LogP contribution in [-0.2, 0) is 9.59 Å². The van der Waals surface area contributed by atoms with Crippen LogP contribution < -0.4 is 21.3 Å². The smallest absolute Gasteiger partial charge is 0.242 e. The highest BCUT2D eigenvalue weighted by molar-refractivity contribution is 5.84. The molecule has 2 saturated heterocycles. The average molecular weight is 468 g/mol. The Balaban J connectivity index is 1.25. The van der Waals surface area contributed by atoms with Crippen molar-refractivity contribution in [2.75, 3.05) is 49.2 Å². The zero-order chi connectivity index (χ0) is 23.9. The van der Waals surface area contributed by atoms with Crippen molar-refractivity contribution in [2.45, 2.75) is 56.7 Å². The normalized spacial score (nSPS) is 19.0. The Morgan fingerprint density at radius 1 is 1.12 bits per heavy atom. The highest BCUT2D eigenvalue weighted by atomic mass is 16.2. The van der Waals surface area contributed by atoms with Gasteiger partial charge >= 0.3 is 0 Å². The van der Waals surface area contributed by atoms with Gasteiger partial charge in [-0.3, -0.25) is 9.48 Å². The molecule has 0 aliphatic carbocycles. The molecule has 4 N–H and O–H groups in total. The fourth-order valence-corrected chi connectivity index (χ4v) is 5.20. The number of nitrogens with one attached hydrogen (secondary N) is 2. The number of rotatable bonds is 9. The van der Waals surface area contributed by atoms with Crippen molar-refractivity contribution < 1.29 is 9.59 Å². The van der Waals surface area contributed by atoms with Crippen LogP contribution in [0.25, 0.3) is 0 Å². The molecule has 2 aromatic rings. The Hall–Kier alpha value is -3.07. The molecule has 2 aliphatic heterocycles. The third kappa shape index (κ3) is 5.88. The van der Waals surface area contributed by atoms with Crippen molar-refractivity contribution in [3.63, 3.8) is 0 Å². The van der Waals surface area contributed by atoms with Crippen molar-refractivity contribution in [1.29, 1.82) is 0 Å². The number of aromatic nitrogens is 2. The lowest BCUT2D eigenvalue weighted by molar-refractivity contribution is -0.121. The summed E-state index contributed by atoms with van der Waals surface area (Å²) in [5, 5.41) is 10.3. The van der Waals surface area contributed by atoms with Gasteiger partial charge in [-0.1, -0.05) is 0 Å². The van der Waals surface area contributed by atoms with Crippen LogP contribution in [-0.4, -0.2) is 72.2 Å². The van der Waals surface area contributed by atoms with E-state index in [1.54, 1.807) is 13.2 Å². The molecule has 0 bridgehead atoms. The molecule has 1 atom stereocenters. The van der Waals surface area contributed by atoms with E-state index in [1.807, 2.05) is 23.0 Å². The van der Waals surface area contributed by atoms with E-state index in [0.29, 0.717) is 24.9 Å². The van der Waals surface area contributed by atoms with Gasteiger partial charge < -0.3 is 31.0 Å². The maximum Gasteiger partial charge on any atom is 0.242 e. The number of likely N-dealkylation sites (tertiary alicyclic amines) is 1. The third-order valence-electron chi connectivity index (χ3n) is 7.18. The van der Waals surface area contributed by atoms with Crippen molar-refractivity contribution in [3.05, 3.63) is 36.7 Å². The van der Waals surface area contributed by atoms with Gasteiger partial charge in [-0.25, -0.2) is 0 Å². The number of anilines is 3. The fraction of sp³-hybridized carbons (Fsp3) is 0.560. The number of nitrogens with zero attached hydrogens (tertiary/aromatic N) is 4. The zero-order valence-electron chi connectivity index (χ0n) is 20.0. The van der Waals surface area contributed by atoms with Gasteiger partial charge in [0.1, 0.15) is 12.3 Å². The molecule has 1 unspecified atom stereocenters. The van der Waals surface area contributed by atoms with Gasteiger partial charge in [0.15, 0.2) is 0 Å². The number of aldehydes is 1. The average Bonchev–Trinajstić information content (AvgIpc) is 3.33. The largest absolute Gasteiger partial charge is 0.396 e. The fourth-order valence-electron chi connectivity index (χ4n) is 5.20. The summed E-state index contributed by atoms with van der Waals surface area (Å²) in [6.07, 6.45) is 9.96. The number of hydrogen-bond donors (Lipinski definition) is 3. The molecule has 1 amide bonds. The van der Waals surface area contributed by atoms with Crippen LogP contribution in [0.4, 0.5) is 17.1 Å². The molecule has 9 nitrogen and oxygen atoms in total. The van der Waals surface area contributed by atoms with Crippen molar-refractivity contribution in [1.82, 2.24) is 20.0 Å². The molecule has 0 radical (unpaired) electrons. The van der Waals surface area contributed by atoms with Crippen LogP contribution >= 0.6 is 0 Å². The second kappa shape index (κ2) is 11.4. The number of benzene rings is 1. The molecule has 3 heterocycles. The first-order chi connectivity index (χ1) is 16.6. The minimum Gasteiger partial charge on any atom is -0.396 e. The second-order valence-corrected chi connectivity index (χ2v) is 9.34. The molecule has 1 aromatic carbocycles. The number of likely N-dealkylation sites (N-methyl/N-ethyl adjacent to an activating group) is 1. The van der Waals surface area contributed by atoms with Crippen LogP contribution in [0, 0.1) is 0 Å². The summed E-state index contributed by atoms with van der Waals surface area (Å²) >= 11 is 0. The maximum absolute atomic E-state index is 12.1. The molecule has 34 heavy (non-hydrogen) atoms. The van der Waals surface area contributed by atoms with Crippen molar-refractivity contribution >= 4 is 29.3 Å². The first kappa shape index (κ1) is 24.1. The first-order valence-electron chi connectivity index (χ1n) is 12.4. The maximum atomic E-state index is 12.1. The minimum atomic E-state index is -0.411. The predicted molar refractivity (Wildman–Crippen MR) is 135 cm³/mol. The molecule has 0 spiro atoms. The number of nitrogen functional groups attached to an aromatic ring is 1. The van der Waals surface area contributed by atoms with E-state index < -0.39 is 6.04 Å². The summed E-state index contributed by atoms with van der Waals surface area (Å²) in [7, 11) is 1.61. The lowest BCUT2D eigenvalue weighted by atomic mass is 9.97. The molecule has 184 valence electrons. The number of piperidine rings is 2. The highest BCUT2D eigenvalue weighted by Gasteiger charge is 2.29. The Bertz CT molecular complexity index is 929. The lowest BCUT2D eigenvalue weighted by Crippen LogP contribution is -2.48. The summed E-state index contributed by atoms with van der Waals surface area (Å²) in [6.45, 7) is 4.33. The Kier molecular flexibility index (Phi) is 8.05. The van der Waals surface area contributed by atoms with Crippen LogP contribution in [0.1, 0.15) is 44.6 Å². The van der Waals surface area contributed by atoms with E-state index in [-0.39, 0.29) is 5.91 Å². The molecular weight excluding hydrogens is 430 g/mol. The van der Waals surface area contributed by atoms with Gasteiger partial charge in [0, 0.05) is 63.3 Å². The summed E-state index contributed by atoms with van der Waals surface area (Å²) < 4.78 is 2.03. The Morgan fingerprint density at radius 3 is 2.38 bits per heavy atom. The zero-order valence-corrected chi connectivity index (χ0v) is 20.0. The Labute approximate surface area is 201 Å². The standard InChI is InChI=1S/C25H37N7O2/c1-27-25(34)24(3-2-16-33)29-20-4-6-21(7-5-20)30-12-8-22(9-13-30)31-14-10-23(11-15-31)32-18-19(26)17-28-32/h4-7,16-18,22-24,29H,2-3,8-15,26H2,1H3,(H,27,34). The van der Waals surface area contributed by atoms with Crippen molar-refractivity contribution in [3.8, 4) is 0 Å². The summed E-state index contributed by atoms with van der Waals surface area (Å²) in [5.74, 6) is -0.106. The predicted octanol–water partition coefficient (Wildman–Crippen LogP) is 2.28. The second-order valence-electron chi connectivity index (χ2n) is 9.34.